The van der Waals surface area contributed by atoms with Crippen LogP contribution >= 0.6 is 11.8 Å². The highest BCUT2D eigenvalue weighted by atomic mass is 32.2. The largest absolute Gasteiger partial charge is 0.306 e. The molecule has 3 aromatic carbocycles. The molecule has 0 radical (unpaired) electrons. The van der Waals surface area contributed by atoms with Crippen LogP contribution < -0.4 is 5.43 Å². The van der Waals surface area contributed by atoms with E-state index < -0.39 is 0 Å². The monoisotopic (exact) mass is 493 g/mol. The smallest absolute Gasteiger partial charge is 0.250 e. The van der Waals surface area contributed by atoms with E-state index in [1.165, 1.54) is 11.8 Å². The number of carbonyl (C=O) groups excluding carboxylic acids is 1. The quantitative estimate of drug-likeness (QED) is 0.191. The lowest BCUT2D eigenvalue weighted by molar-refractivity contribution is -0.118. The lowest BCUT2D eigenvalue weighted by atomic mass is 10.1. The van der Waals surface area contributed by atoms with Crippen LogP contribution in [0.2, 0.25) is 0 Å². The molecule has 2 aromatic heterocycles. The van der Waals surface area contributed by atoms with Crippen LogP contribution in [0.1, 0.15) is 12.5 Å². The van der Waals surface area contributed by atoms with Crippen LogP contribution in [0.5, 0.6) is 0 Å². The number of hydrazone groups is 1. The van der Waals surface area contributed by atoms with Gasteiger partial charge in [-0.3, -0.25) is 9.36 Å². The van der Waals surface area contributed by atoms with Gasteiger partial charge in [0.1, 0.15) is 0 Å². The summed E-state index contributed by atoms with van der Waals surface area (Å²) >= 11 is 1.31. The standard InChI is InChI=1S/C27H23N7OS/c1-20(21-12-14-23(15-13-21)33-17-16-28-19-33)29-30-25(35)18-36-27-32-31-26(22-8-4-2-5-9-22)34(27)24-10-6-3-7-11-24/h2-17,19H,18H2,1H3,(H,30,35)/b29-20+. The van der Waals surface area contributed by atoms with E-state index in [4.69, 9.17) is 0 Å². The van der Waals surface area contributed by atoms with Crippen molar-refractivity contribution in [2.45, 2.75) is 12.1 Å². The van der Waals surface area contributed by atoms with Crippen LogP contribution in [0, 0.1) is 0 Å². The summed E-state index contributed by atoms with van der Waals surface area (Å²) in [6.45, 7) is 1.86. The number of rotatable bonds is 8. The predicted octanol–water partition coefficient (Wildman–Crippen LogP) is 4.75. The highest BCUT2D eigenvalue weighted by molar-refractivity contribution is 7.99. The summed E-state index contributed by atoms with van der Waals surface area (Å²) in [5.41, 5.74) is 7.16. The van der Waals surface area contributed by atoms with E-state index in [9.17, 15) is 4.79 Å². The topological polar surface area (TPSA) is 90.0 Å². The van der Waals surface area contributed by atoms with Crippen LogP contribution in [-0.4, -0.2) is 41.7 Å². The highest BCUT2D eigenvalue weighted by Crippen LogP contribution is 2.27. The number of benzene rings is 3. The fraction of sp³-hybridized carbons (Fsp3) is 0.0741. The zero-order valence-electron chi connectivity index (χ0n) is 19.5. The summed E-state index contributed by atoms with van der Waals surface area (Å²) in [6.07, 6.45) is 5.36. The predicted molar refractivity (Wildman–Crippen MR) is 141 cm³/mol. The maximum atomic E-state index is 12.6. The number of hydrogen-bond donors (Lipinski definition) is 1. The molecular formula is C27H23N7OS. The van der Waals surface area contributed by atoms with Gasteiger partial charge in [-0.05, 0) is 36.8 Å². The Hall–Kier alpha value is -4.50. The number of nitrogens with one attached hydrogen (secondary N) is 1. The van der Waals surface area contributed by atoms with Crippen LogP contribution in [0.25, 0.3) is 22.8 Å². The van der Waals surface area contributed by atoms with Gasteiger partial charge in [0.15, 0.2) is 11.0 Å². The molecule has 5 aromatic rings. The Kier molecular flexibility index (Phi) is 7.00. The van der Waals surface area contributed by atoms with Crippen LogP contribution in [0.3, 0.4) is 0 Å². The molecule has 0 saturated heterocycles. The molecule has 0 aliphatic carbocycles. The number of imidazole rings is 1. The number of thioether (sulfide) groups is 1. The van der Waals surface area contributed by atoms with E-state index in [2.05, 4.69) is 25.7 Å². The number of nitrogens with zero attached hydrogens (tertiary/aromatic N) is 6. The van der Waals surface area contributed by atoms with Gasteiger partial charge >= 0.3 is 0 Å². The van der Waals surface area contributed by atoms with Gasteiger partial charge in [-0.25, -0.2) is 10.4 Å². The first-order valence-corrected chi connectivity index (χ1v) is 12.3. The average molecular weight is 494 g/mol. The average Bonchev–Trinajstić information content (AvgIpc) is 3.62. The molecule has 36 heavy (non-hydrogen) atoms. The van der Waals surface area contributed by atoms with Crippen molar-refractivity contribution in [3.8, 4) is 22.8 Å². The van der Waals surface area contributed by atoms with E-state index in [0.29, 0.717) is 10.9 Å². The fourth-order valence-electron chi connectivity index (χ4n) is 3.61. The van der Waals surface area contributed by atoms with Crippen molar-refractivity contribution in [1.29, 1.82) is 0 Å². The minimum Gasteiger partial charge on any atom is -0.306 e. The molecule has 1 amide bonds. The molecule has 0 aliphatic heterocycles. The van der Waals surface area contributed by atoms with Crippen molar-refractivity contribution in [1.82, 2.24) is 29.7 Å². The van der Waals surface area contributed by atoms with Gasteiger partial charge in [-0.15, -0.1) is 10.2 Å². The van der Waals surface area contributed by atoms with Gasteiger partial charge in [0.25, 0.3) is 5.91 Å². The zero-order chi connectivity index (χ0) is 24.7. The highest BCUT2D eigenvalue weighted by Gasteiger charge is 2.17. The maximum Gasteiger partial charge on any atom is 0.250 e. The first-order chi connectivity index (χ1) is 17.7. The fourth-order valence-corrected chi connectivity index (χ4v) is 4.35. The number of carbonyl (C=O) groups is 1. The van der Waals surface area contributed by atoms with Crippen molar-refractivity contribution < 1.29 is 4.79 Å². The Morgan fingerprint density at radius 2 is 1.64 bits per heavy atom. The Balaban J connectivity index is 1.27. The molecule has 2 heterocycles. The second kappa shape index (κ2) is 10.8. The van der Waals surface area contributed by atoms with Gasteiger partial charge < -0.3 is 4.57 Å². The lowest BCUT2D eigenvalue weighted by Gasteiger charge is -2.10. The van der Waals surface area contributed by atoms with E-state index in [-0.39, 0.29) is 11.7 Å². The van der Waals surface area contributed by atoms with Gasteiger partial charge in [-0.1, -0.05) is 72.4 Å². The Morgan fingerprint density at radius 3 is 2.33 bits per heavy atom. The SMILES string of the molecule is C/C(=N\NC(=O)CSc1nnc(-c2ccccc2)n1-c1ccccc1)c1ccc(-n2ccnc2)cc1. The number of hydrogen-bond acceptors (Lipinski definition) is 6. The third-order valence-electron chi connectivity index (χ3n) is 5.45. The molecule has 0 unspecified atom stereocenters. The normalized spacial score (nSPS) is 11.4. The minimum absolute atomic E-state index is 0.149. The molecule has 0 saturated carbocycles. The summed E-state index contributed by atoms with van der Waals surface area (Å²) in [6, 6.07) is 27.6. The summed E-state index contributed by atoms with van der Waals surface area (Å²) in [5.74, 6) is 0.645. The van der Waals surface area contributed by atoms with E-state index in [1.54, 1.807) is 12.5 Å². The van der Waals surface area contributed by atoms with Crippen LogP contribution in [0.4, 0.5) is 0 Å². The molecule has 0 aliphatic rings. The first-order valence-electron chi connectivity index (χ1n) is 11.3. The molecular weight excluding hydrogens is 470 g/mol. The van der Waals surface area contributed by atoms with E-state index in [1.807, 2.05) is 107 Å². The van der Waals surface area contributed by atoms with Crippen molar-refractivity contribution in [2.24, 2.45) is 5.10 Å². The molecule has 9 heteroatoms. The number of para-hydroxylation sites is 1. The minimum atomic E-state index is -0.224. The van der Waals surface area contributed by atoms with Crippen molar-refractivity contribution in [3.63, 3.8) is 0 Å². The van der Waals surface area contributed by atoms with Crippen molar-refractivity contribution >= 4 is 23.4 Å². The molecule has 0 fully saturated rings. The maximum absolute atomic E-state index is 12.6. The molecule has 0 atom stereocenters. The lowest BCUT2D eigenvalue weighted by Crippen LogP contribution is -2.21. The van der Waals surface area contributed by atoms with Crippen LogP contribution in [-0.2, 0) is 4.79 Å². The Labute approximate surface area is 212 Å². The molecule has 5 rings (SSSR count). The molecule has 0 bridgehead atoms. The van der Waals surface area contributed by atoms with Gasteiger partial charge in [-0.2, -0.15) is 5.10 Å². The van der Waals surface area contributed by atoms with Crippen LogP contribution in [0.15, 0.2) is 114 Å². The molecule has 1 N–H and O–H groups in total. The third kappa shape index (κ3) is 5.26. The third-order valence-corrected chi connectivity index (χ3v) is 6.38. The summed E-state index contributed by atoms with van der Waals surface area (Å²) in [5, 5.41) is 13.7. The van der Waals surface area contributed by atoms with Crippen molar-refractivity contribution in [2.75, 3.05) is 5.75 Å². The van der Waals surface area contributed by atoms with Gasteiger partial charge in [0.2, 0.25) is 0 Å². The Bertz CT molecular complexity index is 1460. The molecule has 0 spiro atoms. The Morgan fingerprint density at radius 1 is 0.917 bits per heavy atom. The first kappa shape index (κ1) is 23.3. The number of amides is 1. The molecule has 8 nitrogen and oxygen atoms in total. The van der Waals surface area contributed by atoms with Crippen molar-refractivity contribution in [3.05, 3.63) is 109 Å². The molecule has 178 valence electrons. The summed E-state index contributed by atoms with van der Waals surface area (Å²) < 4.78 is 3.89. The van der Waals surface area contributed by atoms with E-state index in [0.717, 1.165) is 28.3 Å². The van der Waals surface area contributed by atoms with Gasteiger partial charge in [0.05, 0.1) is 17.8 Å². The summed E-state index contributed by atoms with van der Waals surface area (Å²) in [4.78, 5) is 16.6. The number of aromatic nitrogens is 5. The zero-order valence-corrected chi connectivity index (χ0v) is 20.3. The summed E-state index contributed by atoms with van der Waals surface area (Å²) in [7, 11) is 0. The second-order valence-corrected chi connectivity index (χ2v) is 8.82. The second-order valence-electron chi connectivity index (χ2n) is 7.88. The van der Waals surface area contributed by atoms with E-state index >= 15 is 0 Å². The van der Waals surface area contributed by atoms with Gasteiger partial charge in [0, 0.05) is 29.3 Å².